The topological polar surface area (TPSA) is 111 Å². The first-order valence-corrected chi connectivity index (χ1v) is 11.3. The number of nitrogens with zero attached hydrogens (tertiary/aromatic N) is 3. The molecule has 1 unspecified atom stereocenters. The lowest BCUT2D eigenvalue weighted by Crippen LogP contribution is -2.51. The molecule has 0 radical (unpaired) electrons. The summed E-state index contributed by atoms with van der Waals surface area (Å²) in [5, 5.41) is 2.66. The van der Waals surface area contributed by atoms with Crippen molar-refractivity contribution in [2.75, 3.05) is 61.9 Å². The van der Waals surface area contributed by atoms with Crippen LogP contribution in [0.15, 0.2) is 24.3 Å². The van der Waals surface area contributed by atoms with Gasteiger partial charge < -0.3 is 15.0 Å². The van der Waals surface area contributed by atoms with Crippen LogP contribution in [0.25, 0.3) is 0 Å². The van der Waals surface area contributed by atoms with Crippen LogP contribution in [-0.4, -0.2) is 82.9 Å². The highest BCUT2D eigenvalue weighted by molar-refractivity contribution is 7.87. The van der Waals surface area contributed by atoms with Crippen molar-refractivity contribution < 1.29 is 22.7 Å². The van der Waals surface area contributed by atoms with Gasteiger partial charge in [-0.25, -0.2) is 9.52 Å². The Morgan fingerprint density at radius 1 is 1.17 bits per heavy atom. The van der Waals surface area contributed by atoms with Crippen LogP contribution in [0.1, 0.15) is 0 Å². The first-order chi connectivity index (χ1) is 13.8. The summed E-state index contributed by atoms with van der Waals surface area (Å²) in [5.41, 5.74) is 1.67. The SMILES string of the molecule is CNS(=O)(=O)N1CCN(c2ccc(N3CC(CNC(=O)CS)OC3=O)cc2)CC1. The van der Waals surface area contributed by atoms with Crippen molar-refractivity contribution in [2.45, 2.75) is 6.10 Å². The highest BCUT2D eigenvalue weighted by atomic mass is 32.2. The minimum atomic E-state index is -3.40. The van der Waals surface area contributed by atoms with Crippen LogP contribution in [0.5, 0.6) is 0 Å². The second kappa shape index (κ2) is 9.20. The van der Waals surface area contributed by atoms with Gasteiger partial charge in [-0.2, -0.15) is 25.4 Å². The molecule has 2 aliphatic heterocycles. The van der Waals surface area contributed by atoms with E-state index >= 15 is 0 Å². The molecule has 0 bridgehead atoms. The van der Waals surface area contributed by atoms with Crippen LogP contribution in [-0.2, 0) is 19.7 Å². The molecule has 0 aromatic heterocycles. The van der Waals surface area contributed by atoms with E-state index in [4.69, 9.17) is 4.74 Å². The molecule has 29 heavy (non-hydrogen) atoms. The van der Waals surface area contributed by atoms with Crippen molar-refractivity contribution in [2.24, 2.45) is 0 Å². The smallest absolute Gasteiger partial charge is 0.414 e. The number of cyclic esters (lactones) is 1. The fraction of sp³-hybridized carbons (Fsp3) is 0.529. The molecular formula is C17H25N5O5S2. The Morgan fingerprint density at radius 2 is 1.79 bits per heavy atom. The summed E-state index contributed by atoms with van der Waals surface area (Å²) in [6.07, 6.45) is -0.859. The zero-order valence-corrected chi connectivity index (χ0v) is 17.8. The quantitative estimate of drug-likeness (QED) is 0.497. The van der Waals surface area contributed by atoms with E-state index in [9.17, 15) is 18.0 Å². The van der Waals surface area contributed by atoms with Crippen molar-refractivity contribution in [3.05, 3.63) is 24.3 Å². The molecule has 0 aliphatic carbocycles. The summed E-state index contributed by atoms with van der Waals surface area (Å²) in [5.74, 6) is -0.129. The van der Waals surface area contributed by atoms with Crippen molar-refractivity contribution in [3.63, 3.8) is 0 Å². The van der Waals surface area contributed by atoms with Gasteiger partial charge in [0.25, 0.3) is 10.2 Å². The third-order valence-electron chi connectivity index (χ3n) is 4.91. The molecule has 1 aromatic carbocycles. The van der Waals surface area contributed by atoms with E-state index in [1.807, 2.05) is 24.3 Å². The summed E-state index contributed by atoms with van der Waals surface area (Å²) < 4.78 is 32.8. The van der Waals surface area contributed by atoms with Crippen LogP contribution in [0, 0.1) is 0 Å². The fourth-order valence-electron chi connectivity index (χ4n) is 3.28. The Bertz CT molecular complexity index is 840. The number of amides is 2. The highest BCUT2D eigenvalue weighted by Gasteiger charge is 2.32. The normalized spacial score (nSPS) is 20.6. The average Bonchev–Trinajstić information content (AvgIpc) is 3.12. The number of rotatable bonds is 7. The second-order valence-electron chi connectivity index (χ2n) is 6.69. The maximum absolute atomic E-state index is 12.1. The molecule has 2 saturated heterocycles. The lowest BCUT2D eigenvalue weighted by molar-refractivity contribution is -0.118. The van der Waals surface area contributed by atoms with Gasteiger partial charge in [0.15, 0.2) is 0 Å². The Balaban J connectivity index is 1.57. The van der Waals surface area contributed by atoms with Crippen LogP contribution in [0.2, 0.25) is 0 Å². The van der Waals surface area contributed by atoms with Crippen LogP contribution < -0.4 is 19.8 Å². The number of hydrogen-bond donors (Lipinski definition) is 3. The summed E-state index contributed by atoms with van der Waals surface area (Å²) in [7, 11) is -1.99. The van der Waals surface area contributed by atoms with E-state index in [1.54, 1.807) is 0 Å². The minimum Gasteiger partial charge on any atom is -0.442 e. The predicted molar refractivity (Wildman–Crippen MR) is 113 cm³/mol. The van der Waals surface area contributed by atoms with Crippen molar-refractivity contribution in [3.8, 4) is 0 Å². The molecular weight excluding hydrogens is 418 g/mol. The molecule has 1 atom stereocenters. The summed E-state index contributed by atoms with van der Waals surface area (Å²) in [4.78, 5) is 27.1. The maximum Gasteiger partial charge on any atom is 0.414 e. The van der Waals surface area contributed by atoms with Gasteiger partial charge in [-0.05, 0) is 24.3 Å². The maximum atomic E-state index is 12.1. The van der Waals surface area contributed by atoms with Gasteiger partial charge in [0.2, 0.25) is 5.91 Å². The van der Waals surface area contributed by atoms with Crippen LogP contribution in [0.4, 0.5) is 16.2 Å². The molecule has 160 valence electrons. The van der Waals surface area contributed by atoms with Gasteiger partial charge in [0.05, 0.1) is 18.8 Å². The third kappa shape index (κ3) is 5.13. The number of anilines is 2. The van der Waals surface area contributed by atoms with Gasteiger partial charge in [0, 0.05) is 44.6 Å². The van der Waals surface area contributed by atoms with Crippen molar-refractivity contribution >= 4 is 46.2 Å². The zero-order chi connectivity index (χ0) is 21.0. The van der Waals surface area contributed by atoms with E-state index in [0.717, 1.165) is 5.69 Å². The van der Waals surface area contributed by atoms with Gasteiger partial charge in [-0.1, -0.05) is 0 Å². The van der Waals surface area contributed by atoms with Gasteiger partial charge >= 0.3 is 6.09 Å². The van der Waals surface area contributed by atoms with E-state index < -0.39 is 22.4 Å². The fourth-order valence-corrected chi connectivity index (χ4v) is 4.30. The van der Waals surface area contributed by atoms with Gasteiger partial charge in [-0.15, -0.1) is 0 Å². The number of ether oxygens (including phenoxy) is 1. The number of carbonyl (C=O) groups is 2. The Hall–Kier alpha value is -2.02. The first kappa shape index (κ1) is 21.7. The zero-order valence-electron chi connectivity index (χ0n) is 16.1. The van der Waals surface area contributed by atoms with E-state index in [0.29, 0.717) is 38.4 Å². The number of piperazine rings is 1. The van der Waals surface area contributed by atoms with Gasteiger partial charge in [0.1, 0.15) is 6.10 Å². The number of hydrogen-bond acceptors (Lipinski definition) is 7. The third-order valence-corrected chi connectivity index (χ3v) is 6.76. The molecule has 2 N–H and O–H groups in total. The molecule has 2 fully saturated rings. The molecule has 0 saturated carbocycles. The molecule has 1 aromatic rings. The average molecular weight is 444 g/mol. The number of carbonyl (C=O) groups excluding carboxylic acids is 2. The van der Waals surface area contributed by atoms with E-state index in [-0.39, 0.29) is 18.2 Å². The van der Waals surface area contributed by atoms with Crippen LogP contribution >= 0.6 is 12.6 Å². The largest absolute Gasteiger partial charge is 0.442 e. The van der Waals surface area contributed by atoms with E-state index in [1.165, 1.54) is 16.3 Å². The number of nitrogens with one attached hydrogen (secondary N) is 2. The number of thiol groups is 1. The molecule has 2 heterocycles. The monoisotopic (exact) mass is 443 g/mol. The van der Waals surface area contributed by atoms with Crippen LogP contribution in [0.3, 0.4) is 0 Å². The lowest BCUT2D eigenvalue weighted by atomic mass is 10.2. The molecule has 2 amide bonds. The Kier molecular flexibility index (Phi) is 6.88. The van der Waals surface area contributed by atoms with Crippen molar-refractivity contribution in [1.82, 2.24) is 14.3 Å². The number of benzene rings is 1. The molecule has 10 nitrogen and oxygen atoms in total. The Labute approximate surface area is 175 Å². The van der Waals surface area contributed by atoms with Crippen molar-refractivity contribution in [1.29, 1.82) is 0 Å². The molecule has 3 rings (SSSR count). The second-order valence-corrected chi connectivity index (χ2v) is 8.88. The van der Waals surface area contributed by atoms with E-state index in [2.05, 4.69) is 27.6 Å². The summed E-state index contributed by atoms with van der Waals surface area (Å²) in [6.45, 7) is 2.58. The standard InChI is InChI=1S/C17H25N5O5S2/c1-18-29(25,26)21-8-6-20(7-9-21)13-2-4-14(5-3-13)22-11-15(27-17(22)24)10-19-16(23)12-28/h2-5,15,18,28H,6-12H2,1H3,(H,19,23). The molecule has 0 spiro atoms. The predicted octanol–water partition coefficient (Wildman–Crippen LogP) is -0.356. The van der Waals surface area contributed by atoms with Gasteiger partial charge in [-0.3, -0.25) is 9.69 Å². The summed E-state index contributed by atoms with van der Waals surface area (Å²) >= 11 is 3.89. The Morgan fingerprint density at radius 3 is 2.38 bits per heavy atom. The first-order valence-electron chi connectivity index (χ1n) is 9.23. The lowest BCUT2D eigenvalue weighted by Gasteiger charge is -2.35. The molecule has 2 aliphatic rings. The molecule has 12 heteroatoms. The minimum absolute atomic E-state index is 0.0843. The summed E-state index contributed by atoms with van der Waals surface area (Å²) in [6, 6.07) is 7.48. The highest BCUT2D eigenvalue weighted by Crippen LogP contribution is 2.25.